The van der Waals surface area contributed by atoms with Gasteiger partial charge in [0, 0.05) is 0 Å². The zero-order chi connectivity index (χ0) is 26.6. The van der Waals surface area contributed by atoms with Crippen molar-refractivity contribution in [3.8, 4) is 0 Å². The third-order valence-electron chi connectivity index (χ3n) is 6.31. The van der Waals surface area contributed by atoms with E-state index < -0.39 is 36.8 Å². The molecule has 1 saturated heterocycles. The summed E-state index contributed by atoms with van der Waals surface area (Å²) < 4.78 is 30.4. The molecule has 1 heterocycles. The standard InChI is InChI=1S/C31H36O7/c1-2-18-34-22-26(32)27-28(35-19-23-12-6-3-7-13-23)29(36-20-24-14-8-4-9-15-24)30(31(33)38-27)37-21-25-16-10-5-11-17-25/h2-17,26-33H,1,18-22H2/t26-,27+,28-,29-,30-,31-/m1/s1. The van der Waals surface area contributed by atoms with E-state index in [2.05, 4.69) is 6.58 Å². The van der Waals surface area contributed by atoms with Gasteiger partial charge >= 0.3 is 0 Å². The molecule has 1 fully saturated rings. The Kier molecular flexibility index (Phi) is 11.0. The zero-order valence-corrected chi connectivity index (χ0v) is 21.4. The molecule has 7 heteroatoms. The smallest absolute Gasteiger partial charge is 0.184 e. The van der Waals surface area contributed by atoms with E-state index in [1.54, 1.807) is 6.08 Å². The summed E-state index contributed by atoms with van der Waals surface area (Å²) in [5.74, 6) is 0. The topological polar surface area (TPSA) is 86.6 Å². The van der Waals surface area contributed by atoms with Crippen LogP contribution in [0.5, 0.6) is 0 Å². The van der Waals surface area contributed by atoms with E-state index in [0.717, 1.165) is 16.7 Å². The number of hydrogen-bond acceptors (Lipinski definition) is 7. The average Bonchev–Trinajstić information content (AvgIpc) is 2.96. The van der Waals surface area contributed by atoms with Crippen molar-refractivity contribution in [2.45, 2.75) is 56.6 Å². The summed E-state index contributed by atoms with van der Waals surface area (Å²) in [6.45, 7) is 4.68. The minimum atomic E-state index is -1.35. The molecule has 0 radical (unpaired) electrons. The van der Waals surface area contributed by atoms with Crippen molar-refractivity contribution < 1.29 is 33.9 Å². The van der Waals surface area contributed by atoms with Crippen LogP contribution in [0.3, 0.4) is 0 Å². The van der Waals surface area contributed by atoms with Crippen molar-refractivity contribution in [3.63, 3.8) is 0 Å². The molecule has 0 unspecified atom stereocenters. The molecule has 2 N–H and O–H groups in total. The molecule has 202 valence electrons. The second kappa shape index (κ2) is 14.9. The first-order chi connectivity index (χ1) is 18.7. The normalized spacial score (nSPS) is 24.1. The van der Waals surface area contributed by atoms with Crippen LogP contribution in [-0.4, -0.2) is 60.2 Å². The van der Waals surface area contributed by atoms with Crippen LogP contribution in [0.15, 0.2) is 104 Å². The fraction of sp³-hybridized carbons (Fsp3) is 0.355. The Morgan fingerprint density at radius 3 is 1.63 bits per heavy atom. The third kappa shape index (κ3) is 8.06. The quantitative estimate of drug-likeness (QED) is 0.245. The van der Waals surface area contributed by atoms with E-state index in [9.17, 15) is 10.2 Å². The molecular weight excluding hydrogens is 484 g/mol. The maximum atomic E-state index is 11.1. The minimum Gasteiger partial charge on any atom is -0.388 e. The van der Waals surface area contributed by atoms with Crippen LogP contribution in [0.1, 0.15) is 16.7 Å². The fourth-order valence-electron chi connectivity index (χ4n) is 4.39. The van der Waals surface area contributed by atoms with Crippen LogP contribution in [0, 0.1) is 0 Å². The highest BCUT2D eigenvalue weighted by Crippen LogP contribution is 2.31. The summed E-state index contributed by atoms with van der Waals surface area (Å²) >= 11 is 0. The molecule has 4 rings (SSSR count). The van der Waals surface area contributed by atoms with Gasteiger partial charge in [0.25, 0.3) is 0 Å². The van der Waals surface area contributed by atoms with Gasteiger partial charge in [0.05, 0.1) is 33.0 Å². The molecule has 3 aromatic carbocycles. The third-order valence-corrected chi connectivity index (χ3v) is 6.31. The van der Waals surface area contributed by atoms with Crippen LogP contribution in [0.2, 0.25) is 0 Å². The Labute approximate surface area is 224 Å². The van der Waals surface area contributed by atoms with Crippen LogP contribution in [0.25, 0.3) is 0 Å². The molecule has 0 saturated carbocycles. The SMILES string of the molecule is C=CCOC[C@@H](O)[C@@H]1O[C@@H](O)[C@H](OCc2ccccc2)[C@H](OCc2ccccc2)[C@@H]1OCc1ccccc1. The Balaban J connectivity index is 1.58. The highest BCUT2D eigenvalue weighted by atomic mass is 16.7. The van der Waals surface area contributed by atoms with Crippen molar-refractivity contribution in [2.24, 2.45) is 0 Å². The van der Waals surface area contributed by atoms with E-state index in [1.165, 1.54) is 0 Å². The number of rotatable bonds is 14. The summed E-state index contributed by atoms with van der Waals surface area (Å²) in [5, 5.41) is 22.1. The van der Waals surface area contributed by atoms with Crippen LogP contribution in [-0.2, 0) is 43.5 Å². The van der Waals surface area contributed by atoms with Crippen molar-refractivity contribution in [1.29, 1.82) is 0 Å². The molecular formula is C31H36O7. The maximum Gasteiger partial charge on any atom is 0.184 e. The summed E-state index contributed by atoms with van der Waals surface area (Å²) in [4.78, 5) is 0. The van der Waals surface area contributed by atoms with Crippen LogP contribution >= 0.6 is 0 Å². The summed E-state index contributed by atoms with van der Waals surface area (Å²) in [6, 6.07) is 29.1. The van der Waals surface area contributed by atoms with Gasteiger partial charge in [-0.05, 0) is 16.7 Å². The molecule has 3 aromatic rings. The van der Waals surface area contributed by atoms with E-state index in [0.29, 0.717) is 0 Å². The minimum absolute atomic E-state index is 0.0183. The molecule has 0 bridgehead atoms. The lowest BCUT2D eigenvalue weighted by Gasteiger charge is -2.45. The van der Waals surface area contributed by atoms with Gasteiger partial charge in [0.1, 0.15) is 30.5 Å². The number of aliphatic hydroxyl groups is 2. The Morgan fingerprint density at radius 1 is 0.711 bits per heavy atom. The zero-order valence-electron chi connectivity index (χ0n) is 21.4. The van der Waals surface area contributed by atoms with E-state index in [1.807, 2.05) is 91.0 Å². The van der Waals surface area contributed by atoms with Gasteiger partial charge in [0.15, 0.2) is 6.29 Å². The van der Waals surface area contributed by atoms with Crippen LogP contribution in [0.4, 0.5) is 0 Å². The Morgan fingerprint density at radius 2 is 1.16 bits per heavy atom. The molecule has 1 aliphatic rings. The number of aliphatic hydroxyl groups excluding tert-OH is 2. The molecule has 0 amide bonds. The largest absolute Gasteiger partial charge is 0.388 e. The van der Waals surface area contributed by atoms with Gasteiger partial charge in [-0.3, -0.25) is 0 Å². The Bertz CT molecular complexity index is 1060. The van der Waals surface area contributed by atoms with Gasteiger partial charge in [-0.2, -0.15) is 0 Å². The Hall–Kier alpha value is -2.88. The van der Waals surface area contributed by atoms with E-state index >= 15 is 0 Å². The lowest BCUT2D eigenvalue weighted by molar-refractivity contribution is -0.325. The van der Waals surface area contributed by atoms with Crippen molar-refractivity contribution in [3.05, 3.63) is 120 Å². The average molecular weight is 521 g/mol. The van der Waals surface area contributed by atoms with Gasteiger partial charge in [-0.1, -0.05) is 97.1 Å². The molecule has 7 nitrogen and oxygen atoms in total. The molecule has 6 atom stereocenters. The van der Waals surface area contributed by atoms with Gasteiger partial charge in [-0.25, -0.2) is 0 Å². The predicted molar refractivity (Wildman–Crippen MR) is 143 cm³/mol. The first-order valence-electron chi connectivity index (χ1n) is 12.8. The van der Waals surface area contributed by atoms with Crippen molar-refractivity contribution in [2.75, 3.05) is 13.2 Å². The predicted octanol–water partition coefficient (Wildman–Crippen LogP) is 4.02. The first kappa shape index (κ1) is 28.1. The highest BCUT2D eigenvalue weighted by molar-refractivity contribution is 5.15. The molecule has 0 spiro atoms. The number of ether oxygens (including phenoxy) is 5. The molecule has 38 heavy (non-hydrogen) atoms. The number of hydrogen-bond donors (Lipinski definition) is 2. The number of benzene rings is 3. The first-order valence-corrected chi connectivity index (χ1v) is 12.8. The monoisotopic (exact) mass is 520 g/mol. The summed E-state index contributed by atoms with van der Waals surface area (Å²) in [5.41, 5.74) is 2.87. The summed E-state index contributed by atoms with van der Waals surface area (Å²) in [6.07, 6.45) is -4.12. The van der Waals surface area contributed by atoms with Crippen molar-refractivity contribution in [1.82, 2.24) is 0 Å². The van der Waals surface area contributed by atoms with Gasteiger partial charge in [0.2, 0.25) is 0 Å². The maximum absolute atomic E-state index is 11.1. The van der Waals surface area contributed by atoms with Crippen LogP contribution < -0.4 is 0 Å². The van der Waals surface area contributed by atoms with E-state index in [4.69, 9.17) is 23.7 Å². The van der Waals surface area contributed by atoms with Gasteiger partial charge < -0.3 is 33.9 Å². The van der Waals surface area contributed by atoms with Gasteiger partial charge in [-0.15, -0.1) is 6.58 Å². The molecule has 1 aliphatic heterocycles. The lowest BCUT2D eigenvalue weighted by atomic mass is 9.94. The summed E-state index contributed by atoms with van der Waals surface area (Å²) in [7, 11) is 0. The highest BCUT2D eigenvalue weighted by Gasteiger charge is 2.50. The molecule has 0 aromatic heterocycles. The molecule has 0 aliphatic carbocycles. The van der Waals surface area contributed by atoms with Crippen molar-refractivity contribution >= 4 is 0 Å². The second-order valence-corrected chi connectivity index (χ2v) is 9.17. The van der Waals surface area contributed by atoms with E-state index in [-0.39, 0.29) is 33.0 Å². The second-order valence-electron chi connectivity index (χ2n) is 9.17. The lowest BCUT2D eigenvalue weighted by Crippen LogP contribution is -2.63. The fourth-order valence-corrected chi connectivity index (χ4v) is 4.39.